The van der Waals surface area contributed by atoms with Gasteiger partial charge in [-0.2, -0.15) is 17.9 Å². The van der Waals surface area contributed by atoms with Crippen LogP contribution in [0.15, 0.2) is 35.8 Å². The van der Waals surface area contributed by atoms with Crippen molar-refractivity contribution in [2.75, 3.05) is 26.5 Å². The molecule has 2 aromatic rings. The Labute approximate surface area is 178 Å². The van der Waals surface area contributed by atoms with Crippen molar-refractivity contribution < 1.29 is 26.3 Å². The molecule has 3 atom stereocenters. The van der Waals surface area contributed by atoms with Crippen molar-refractivity contribution >= 4 is 21.4 Å². The van der Waals surface area contributed by atoms with Gasteiger partial charge in [0.25, 0.3) is 0 Å². The minimum absolute atomic E-state index is 0.0874. The zero-order chi connectivity index (χ0) is 21.9. The van der Waals surface area contributed by atoms with Crippen LogP contribution < -0.4 is 4.72 Å². The third kappa shape index (κ3) is 6.01. The summed E-state index contributed by atoms with van der Waals surface area (Å²) in [5, 5.41) is 2.95. The highest BCUT2D eigenvalue weighted by Gasteiger charge is 2.42. The predicted octanol–water partition coefficient (Wildman–Crippen LogP) is 3.30. The van der Waals surface area contributed by atoms with Gasteiger partial charge >= 0.3 is 6.18 Å². The van der Waals surface area contributed by atoms with Gasteiger partial charge in [-0.05, 0) is 17.5 Å². The summed E-state index contributed by atoms with van der Waals surface area (Å²) in [7, 11) is -2.32. The number of aromatic nitrogens is 1. The molecule has 1 fully saturated rings. The van der Waals surface area contributed by atoms with E-state index < -0.39 is 22.2 Å². The maximum atomic E-state index is 13.3. The Balaban J connectivity index is 1.70. The predicted molar refractivity (Wildman–Crippen MR) is 109 cm³/mol. The minimum Gasteiger partial charge on any atom is -0.381 e. The van der Waals surface area contributed by atoms with E-state index in [1.165, 1.54) is 12.1 Å². The van der Waals surface area contributed by atoms with Crippen molar-refractivity contribution in [2.45, 2.75) is 37.2 Å². The summed E-state index contributed by atoms with van der Waals surface area (Å²) in [5.74, 6) is 0.150. The zero-order valence-electron chi connectivity index (χ0n) is 16.6. The Bertz CT molecular complexity index is 919. The second kappa shape index (κ2) is 9.31. The number of hydrogen-bond donors (Lipinski definition) is 1. The molecule has 0 saturated carbocycles. The van der Waals surface area contributed by atoms with Crippen molar-refractivity contribution in [3.8, 4) is 0 Å². The first-order chi connectivity index (χ1) is 14.1. The lowest BCUT2D eigenvalue weighted by Crippen LogP contribution is -2.42. The number of methoxy groups -OCH3 is 1. The van der Waals surface area contributed by atoms with E-state index in [2.05, 4.69) is 9.88 Å². The van der Waals surface area contributed by atoms with Gasteiger partial charge in [-0.15, -0.1) is 11.3 Å². The van der Waals surface area contributed by atoms with Gasteiger partial charge in [-0.3, -0.25) is 4.90 Å². The Morgan fingerprint density at radius 1 is 1.33 bits per heavy atom. The van der Waals surface area contributed by atoms with Gasteiger partial charge in [-0.25, -0.2) is 13.4 Å². The van der Waals surface area contributed by atoms with Crippen LogP contribution in [0, 0.1) is 0 Å². The van der Waals surface area contributed by atoms with E-state index in [0.717, 1.165) is 30.1 Å². The maximum Gasteiger partial charge on any atom is 0.408 e. The molecule has 0 radical (unpaired) electrons. The Morgan fingerprint density at radius 2 is 2.03 bits per heavy atom. The number of likely N-dealkylation sites (tertiary alicyclic amines) is 1. The number of rotatable bonds is 7. The summed E-state index contributed by atoms with van der Waals surface area (Å²) in [5.41, 5.74) is 0.711. The first-order valence-electron chi connectivity index (χ1n) is 9.34. The number of thiazole rings is 1. The van der Waals surface area contributed by atoms with Crippen LogP contribution in [-0.2, 0) is 21.3 Å². The summed E-state index contributed by atoms with van der Waals surface area (Å²) >= 11 is 1.59. The Morgan fingerprint density at radius 3 is 2.57 bits per heavy atom. The third-order valence-electron chi connectivity index (χ3n) is 5.08. The molecule has 0 aliphatic carbocycles. The monoisotopic (exact) mass is 463 g/mol. The number of benzene rings is 1. The van der Waals surface area contributed by atoms with Crippen LogP contribution in [0.4, 0.5) is 13.2 Å². The summed E-state index contributed by atoms with van der Waals surface area (Å²) in [6, 6.07) is 3.60. The molecular formula is C19H24F3N3O3S2. The van der Waals surface area contributed by atoms with E-state index in [1.54, 1.807) is 41.5 Å². The number of ether oxygens (including phenoxy) is 1. The number of halogens is 3. The number of nitrogens with zero attached hydrogens (tertiary/aromatic N) is 2. The highest BCUT2D eigenvalue weighted by Crippen LogP contribution is 2.34. The first-order valence-corrected chi connectivity index (χ1v) is 12.1. The van der Waals surface area contributed by atoms with Crippen molar-refractivity contribution in [3.05, 3.63) is 52.0 Å². The first kappa shape index (κ1) is 23.1. The molecule has 2 heterocycles. The van der Waals surface area contributed by atoms with E-state index in [9.17, 15) is 21.6 Å². The molecule has 1 aromatic carbocycles. The van der Waals surface area contributed by atoms with Gasteiger partial charge in [0.15, 0.2) is 0 Å². The Hall–Kier alpha value is -1.53. The largest absolute Gasteiger partial charge is 0.408 e. The van der Waals surface area contributed by atoms with Gasteiger partial charge in [0.05, 0.1) is 17.4 Å². The number of hydrogen-bond acceptors (Lipinski definition) is 6. The van der Waals surface area contributed by atoms with Gasteiger partial charge in [-0.1, -0.05) is 24.3 Å². The van der Waals surface area contributed by atoms with Crippen LogP contribution in [0.2, 0.25) is 0 Å². The van der Waals surface area contributed by atoms with Crippen molar-refractivity contribution in [1.29, 1.82) is 0 Å². The minimum atomic E-state index is -4.73. The zero-order valence-corrected chi connectivity index (χ0v) is 18.2. The highest BCUT2D eigenvalue weighted by molar-refractivity contribution is 7.88. The van der Waals surface area contributed by atoms with Crippen LogP contribution in [0.5, 0.6) is 0 Å². The summed E-state index contributed by atoms with van der Waals surface area (Å²) in [6.07, 6.45) is -1.32. The molecule has 3 unspecified atom stereocenters. The molecule has 1 aliphatic heterocycles. The molecule has 3 rings (SSSR count). The van der Waals surface area contributed by atoms with E-state index in [4.69, 9.17) is 4.74 Å². The van der Waals surface area contributed by atoms with Crippen LogP contribution in [0.3, 0.4) is 0 Å². The molecule has 30 heavy (non-hydrogen) atoms. The van der Waals surface area contributed by atoms with Gasteiger partial charge in [0.2, 0.25) is 10.0 Å². The fraction of sp³-hybridized carbons (Fsp3) is 0.526. The maximum absolute atomic E-state index is 13.3. The van der Waals surface area contributed by atoms with E-state index in [1.807, 2.05) is 5.38 Å². The summed E-state index contributed by atoms with van der Waals surface area (Å²) < 4.78 is 69.9. The second-order valence-electron chi connectivity index (χ2n) is 7.38. The summed E-state index contributed by atoms with van der Waals surface area (Å²) in [4.78, 5) is 6.64. The van der Waals surface area contributed by atoms with Crippen molar-refractivity contribution in [1.82, 2.24) is 14.6 Å². The molecular weight excluding hydrogens is 439 g/mol. The van der Waals surface area contributed by atoms with Crippen LogP contribution in [0.1, 0.15) is 34.5 Å². The number of alkyl halides is 3. The smallest absolute Gasteiger partial charge is 0.381 e. The fourth-order valence-corrected chi connectivity index (χ4v) is 5.17. The normalized spacial score (nSPS) is 22.2. The lowest BCUT2D eigenvalue weighted by molar-refractivity contribution is -0.153. The Kier molecular flexibility index (Phi) is 7.18. The van der Waals surface area contributed by atoms with E-state index in [0.29, 0.717) is 12.8 Å². The van der Waals surface area contributed by atoms with Gasteiger partial charge < -0.3 is 4.74 Å². The quantitative estimate of drug-likeness (QED) is 0.682. The molecule has 0 bridgehead atoms. The molecule has 0 amide bonds. The standard InChI is InChI=1S/C19H24F3N3O3S2/c1-28-16-7-9-25(12-15(16)18-23-8-10-29-18)11-13-3-5-14(6-4-13)17(19(20,21)22)24-30(2,26)27/h3-6,8,10,15-17,24H,7,9,11-12H2,1-2H3. The fourth-order valence-electron chi connectivity index (χ4n) is 3.69. The molecule has 166 valence electrons. The molecule has 6 nitrogen and oxygen atoms in total. The van der Waals surface area contributed by atoms with Gasteiger partial charge in [0, 0.05) is 44.2 Å². The lowest BCUT2D eigenvalue weighted by atomic mass is 9.94. The molecule has 1 saturated heterocycles. The molecule has 0 spiro atoms. The topological polar surface area (TPSA) is 71.5 Å². The van der Waals surface area contributed by atoms with E-state index >= 15 is 0 Å². The average Bonchev–Trinajstić information content (AvgIpc) is 3.20. The SMILES string of the molecule is COC1CCN(Cc2ccc(C(NS(C)(=O)=O)C(F)(F)F)cc2)CC1c1nccs1. The molecule has 1 aliphatic rings. The van der Waals surface area contributed by atoms with Crippen LogP contribution in [0.25, 0.3) is 0 Å². The van der Waals surface area contributed by atoms with Crippen LogP contribution in [-0.4, -0.2) is 57.0 Å². The average molecular weight is 464 g/mol. The number of piperidine rings is 1. The van der Waals surface area contributed by atoms with E-state index in [-0.39, 0.29) is 17.6 Å². The number of nitrogens with one attached hydrogen (secondary N) is 1. The van der Waals surface area contributed by atoms with Gasteiger partial charge in [0.1, 0.15) is 6.04 Å². The molecule has 1 aromatic heterocycles. The second-order valence-corrected chi connectivity index (χ2v) is 10.1. The lowest BCUT2D eigenvalue weighted by Gasteiger charge is -2.37. The summed E-state index contributed by atoms with van der Waals surface area (Å²) in [6.45, 7) is 2.13. The van der Waals surface area contributed by atoms with Crippen LogP contribution >= 0.6 is 11.3 Å². The third-order valence-corrected chi connectivity index (χ3v) is 6.65. The van der Waals surface area contributed by atoms with Crippen molar-refractivity contribution in [2.24, 2.45) is 0 Å². The van der Waals surface area contributed by atoms with Crippen molar-refractivity contribution in [3.63, 3.8) is 0 Å². The molecule has 1 N–H and O–H groups in total. The highest BCUT2D eigenvalue weighted by atomic mass is 32.2. The number of sulfonamides is 1. The molecule has 11 heteroatoms.